The molecule has 0 atom stereocenters. The van der Waals surface area contributed by atoms with Crippen LogP contribution < -0.4 is 56.5 Å². The van der Waals surface area contributed by atoms with Gasteiger partial charge in [-0.2, -0.15) is 26.3 Å². The van der Waals surface area contributed by atoms with Crippen LogP contribution in [0.5, 0.6) is 0 Å². The molecule has 3 nitrogen and oxygen atoms in total. The van der Waals surface area contributed by atoms with E-state index >= 15 is 0 Å². The Labute approximate surface area is 127 Å². The third-order valence-corrected chi connectivity index (χ3v) is 1.39. The van der Waals surface area contributed by atoms with Crippen LogP contribution in [0.15, 0.2) is 0 Å². The van der Waals surface area contributed by atoms with Gasteiger partial charge in [0.2, 0.25) is 0 Å². The average molecular weight is 284 g/mol. The summed E-state index contributed by atoms with van der Waals surface area (Å²) in [7, 11) is -0.0171. The molecule has 92 valence electrons. The standard InChI is InChI=1S/C5H4F6O3.FH.K/c1-14-3(2(12)13,4(6,7)8)5(9,10)11;;/h1H3,(H,12,13);1H;/q;;+1/p-1. The molecule has 16 heavy (non-hydrogen) atoms. The molecule has 0 rings (SSSR count). The Hall–Kier alpha value is 0.576. The average Bonchev–Trinajstić information content (AvgIpc) is 1.80. The Bertz CT molecular complexity index is 221. The number of carboxylic acid groups (broad SMARTS) is 1. The van der Waals surface area contributed by atoms with Gasteiger partial charge in [-0.15, -0.1) is 0 Å². The van der Waals surface area contributed by atoms with Crippen molar-refractivity contribution in [3.05, 3.63) is 0 Å². The quantitative estimate of drug-likeness (QED) is 0.413. The van der Waals surface area contributed by atoms with Gasteiger partial charge in [-0.05, 0) is 0 Å². The number of carbonyl (C=O) groups is 1. The fourth-order valence-electron chi connectivity index (χ4n) is 0.707. The van der Waals surface area contributed by atoms with Crippen molar-refractivity contribution < 1.29 is 97.1 Å². The molecule has 0 aliphatic rings. The number of hydrogen-bond donors (Lipinski definition) is 0. The van der Waals surface area contributed by atoms with Crippen LogP contribution in [0, 0.1) is 0 Å². The number of carbonyl (C=O) groups excluding carboxylic acids is 1. The Morgan fingerprint density at radius 3 is 1.31 bits per heavy atom. The molecule has 0 heterocycles. The van der Waals surface area contributed by atoms with Crippen LogP contribution >= 0.6 is 0 Å². The summed E-state index contributed by atoms with van der Waals surface area (Å²) in [5.74, 6) is -3.40. The summed E-state index contributed by atoms with van der Waals surface area (Å²) in [5, 5.41) is 9.87. The number of hydrogen-bond acceptors (Lipinski definition) is 3. The molecule has 0 aromatic carbocycles. The van der Waals surface area contributed by atoms with Gasteiger partial charge in [0, 0.05) is 7.11 Å². The van der Waals surface area contributed by atoms with Gasteiger partial charge in [0.25, 0.3) is 5.60 Å². The first-order valence-corrected chi connectivity index (χ1v) is 2.90. The fraction of sp³-hybridized carbons (Fsp3) is 0.800. The van der Waals surface area contributed by atoms with Crippen molar-refractivity contribution in [2.75, 3.05) is 7.11 Å². The van der Waals surface area contributed by atoms with Gasteiger partial charge >= 0.3 is 63.7 Å². The third kappa shape index (κ3) is 3.53. The minimum atomic E-state index is -6.14. The number of aliphatic carboxylic acids is 1. The molecule has 0 saturated carbocycles. The fourth-order valence-corrected chi connectivity index (χ4v) is 0.707. The largest absolute Gasteiger partial charge is 1.00 e. The summed E-state index contributed by atoms with van der Waals surface area (Å²) in [6.07, 6.45) is -12.3. The topological polar surface area (TPSA) is 49.4 Å². The molecule has 0 aliphatic carbocycles. The predicted molar refractivity (Wildman–Crippen MR) is 29.4 cm³/mol. The van der Waals surface area contributed by atoms with E-state index in [9.17, 15) is 36.2 Å². The van der Waals surface area contributed by atoms with Gasteiger partial charge in [0.05, 0.1) is 5.97 Å². The van der Waals surface area contributed by atoms with Crippen LogP contribution in [0.25, 0.3) is 0 Å². The first-order chi connectivity index (χ1) is 6.00. The molecule has 0 N–H and O–H groups in total. The van der Waals surface area contributed by atoms with Gasteiger partial charge in [-0.3, -0.25) is 4.70 Å². The minimum absolute atomic E-state index is 0. The summed E-state index contributed by atoms with van der Waals surface area (Å²) in [5.41, 5.74) is -5.28. The zero-order valence-electron chi connectivity index (χ0n) is 7.90. The van der Waals surface area contributed by atoms with Crippen LogP contribution in [0.2, 0.25) is 0 Å². The molecule has 0 bridgehead atoms. The van der Waals surface area contributed by atoms with Crippen LogP contribution in [0.1, 0.15) is 0 Å². The van der Waals surface area contributed by atoms with E-state index < -0.39 is 23.9 Å². The van der Waals surface area contributed by atoms with Gasteiger partial charge in [0.15, 0.2) is 0 Å². The predicted octanol–water partition coefficient (Wildman–Crippen LogP) is -2.60. The van der Waals surface area contributed by atoms with E-state index in [4.69, 9.17) is 0 Å². The summed E-state index contributed by atoms with van der Waals surface area (Å²) in [6, 6.07) is 0. The van der Waals surface area contributed by atoms with E-state index in [1.54, 1.807) is 0 Å². The van der Waals surface area contributed by atoms with Crippen LogP contribution in [-0.4, -0.2) is 31.0 Å². The summed E-state index contributed by atoms with van der Waals surface area (Å²) >= 11 is 0. The van der Waals surface area contributed by atoms with Crippen molar-refractivity contribution in [3.8, 4) is 0 Å². The summed E-state index contributed by atoms with van der Waals surface area (Å²) in [4.78, 5) is 9.87. The van der Waals surface area contributed by atoms with Crippen molar-refractivity contribution in [1.82, 2.24) is 0 Å². The minimum Gasteiger partial charge on any atom is -0.546 e. The zero-order valence-corrected chi connectivity index (χ0v) is 11.0. The summed E-state index contributed by atoms with van der Waals surface area (Å²) in [6.45, 7) is 0. The molecule has 0 radical (unpaired) electrons. The SMILES string of the molecule is COC(C(=O)[O-])(C(F)(F)F)C(F)(F)F.F.[K+]. The molecule has 0 fully saturated rings. The maximum absolute atomic E-state index is 11.9. The van der Waals surface area contributed by atoms with E-state index in [0.717, 1.165) is 0 Å². The number of halogens is 7. The Balaban J connectivity index is -0.000000845. The van der Waals surface area contributed by atoms with Crippen molar-refractivity contribution in [1.29, 1.82) is 0 Å². The molecule has 11 heteroatoms. The Kier molecular flexibility index (Phi) is 8.86. The Morgan fingerprint density at radius 2 is 1.31 bits per heavy atom. The van der Waals surface area contributed by atoms with Gasteiger partial charge < -0.3 is 14.6 Å². The van der Waals surface area contributed by atoms with E-state index in [-0.39, 0.29) is 63.2 Å². The number of methoxy groups -OCH3 is 1. The second-order valence-electron chi connectivity index (χ2n) is 2.17. The van der Waals surface area contributed by atoms with Gasteiger partial charge in [0.1, 0.15) is 0 Å². The van der Waals surface area contributed by atoms with E-state index in [0.29, 0.717) is 0 Å². The van der Waals surface area contributed by atoms with Crippen LogP contribution in [0.3, 0.4) is 0 Å². The van der Waals surface area contributed by atoms with E-state index in [1.807, 2.05) is 0 Å². The number of rotatable bonds is 2. The molecule has 0 aliphatic heterocycles. The first-order valence-electron chi connectivity index (χ1n) is 2.90. The second kappa shape index (κ2) is 6.49. The maximum atomic E-state index is 11.9. The molecule has 0 unspecified atom stereocenters. The first kappa shape index (κ1) is 21.8. The monoisotopic (exact) mass is 284 g/mol. The van der Waals surface area contributed by atoms with Crippen molar-refractivity contribution in [2.45, 2.75) is 18.0 Å². The smallest absolute Gasteiger partial charge is 0.546 e. The molecule has 0 saturated heterocycles. The Morgan fingerprint density at radius 1 is 1.06 bits per heavy atom. The van der Waals surface area contributed by atoms with Crippen LogP contribution in [0.4, 0.5) is 31.0 Å². The summed E-state index contributed by atoms with van der Waals surface area (Å²) < 4.78 is 74.2. The molecule has 0 spiro atoms. The van der Waals surface area contributed by atoms with E-state index in [2.05, 4.69) is 4.74 Å². The zero-order chi connectivity index (χ0) is 11.8. The van der Waals surface area contributed by atoms with Crippen molar-refractivity contribution in [2.24, 2.45) is 0 Å². The molecule has 0 amide bonds. The number of alkyl halides is 6. The third-order valence-electron chi connectivity index (χ3n) is 1.39. The van der Waals surface area contributed by atoms with Crippen molar-refractivity contribution in [3.63, 3.8) is 0 Å². The molecule has 0 aromatic rings. The molecular formula is C5H4F7KO3. The van der Waals surface area contributed by atoms with Gasteiger partial charge in [-0.1, -0.05) is 0 Å². The van der Waals surface area contributed by atoms with Crippen LogP contribution in [-0.2, 0) is 9.53 Å². The van der Waals surface area contributed by atoms with Crippen molar-refractivity contribution >= 4 is 5.97 Å². The number of carboxylic acids is 1. The maximum Gasteiger partial charge on any atom is 1.00 e. The van der Waals surface area contributed by atoms with E-state index in [1.165, 1.54) is 0 Å². The normalized spacial score (nSPS) is 12.4. The van der Waals surface area contributed by atoms with Gasteiger partial charge in [-0.25, -0.2) is 0 Å². The number of ether oxygens (including phenoxy) is 1. The molecular weight excluding hydrogens is 280 g/mol. The second-order valence-corrected chi connectivity index (χ2v) is 2.17. The molecule has 0 aromatic heterocycles.